The van der Waals surface area contributed by atoms with Crippen LogP contribution >= 0.6 is 0 Å². The molecule has 1 aromatic heterocycles. The molecule has 6 heteroatoms. The number of methoxy groups -OCH3 is 1. The van der Waals surface area contributed by atoms with Crippen LogP contribution in [0.1, 0.15) is 30.2 Å². The molecule has 21 heavy (non-hydrogen) atoms. The lowest BCUT2D eigenvalue weighted by Gasteiger charge is -2.10. The Morgan fingerprint density at radius 2 is 1.95 bits per heavy atom. The molecule has 0 unspecified atom stereocenters. The molecule has 0 atom stereocenters. The van der Waals surface area contributed by atoms with Crippen LogP contribution in [0.15, 0.2) is 24.3 Å². The van der Waals surface area contributed by atoms with E-state index in [4.69, 9.17) is 15.2 Å². The van der Waals surface area contributed by atoms with E-state index in [2.05, 4.69) is 4.98 Å². The van der Waals surface area contributed by atoms with Crippen molar-refractivity contribution in [3.63, 3.8) is 0 Å². The first kappa shape index (κ1) is 14.9. The molecule has 0 aliphatic heterocycles. The molecule has 0 aliphatic carbocycles. The molecule has 0 fully saturated rings. The average molecular weight is 289 g/mol. The topological polar surface area (TPSA) is 79.4 Å². The van der Waals surface area contributed by atoms with E-state index >= 15 is 0 Å². The first-order valence-electron chi connectivity index (χ1n) is 6.81. The van der Waals surface area contributed by atoms with E-state index in [1.54, 1.807) is 4.57 Å². The minimum Gasteiger partial charge on any atom is -0.494 e. The molecule has 1 heterocycles. The second kappa shape index (κ2) is 6.30. The molecule has 0 saturated heterocycles. The van der Waals surface area contributed by atoms with E-state index in [-0.39, 0.29) is 11.5 Å². The molecule has 0 bridgehead atoms. The standard InChI is InChI=1S/C15H19N3O3/c1-4-12-17-13(15(19)20-3)14(16)18(12)10-6-8-11(9-7-10)21-5-2/h6-9H,4-5,16H2,1-3H3. The van der Waals surface area contributed by atoms with Gasteiger partial charge in [0.2, 0.25) is 0 Å². The molecule has 0 aliphatic rings. The maximum absolute atomic E-state index is 11.7. The summed E-state index contributed by atoms with van der Waals surface area (Å²) in [7, 11) is 1.31. The molecule has 0 saturated carbocycles. The monoisotopic (exact) mass is 289 g/mol. The lowest BCUT2D eigenvalue weighted by molar-refractivity contribution is 0.0595. The SMILES string of the molecule is CCOc1ccc(-n2c(CC)nc(C(=O)OC)c2N)cc1. The number of rotatable bonds is 5. The van der Waals surface area contributed by atoms with Gasteiger partial charge >= 0.3 is 5.97 Å². The highest BCUT2D eigenvalue weighted by molar-refractivity contribution is 5.92. The molecule has 6 nitrogen and oxygen atoms in total. The number of nitrogens with zero attached hydrogens (tertiary/aromatic N) is 2. The summed E-state index contributed by atoms with van der Waals surface area (Å²) in [6.45, 7) is 4.49. The van der Waals surface area contributed by atoms with Gasteiger partial charge in [0.05, 0.1) is 13.7 Å². The normalized spacial score (nSPS) is 10.4. The van der Waals surface area contributed by atoms with E-state index in [1.807, 2.05) is 38.1 Å². The molecule has 0 amide bonds. The van der Waals surface area contributed by atoms with Gasteiger partial charge in [-0.3, -0.25) is 4.57 Å². The number of aromatic nitrogens is 2. The van der Waals surface area contributed by atoms with E-state index in [0.717, 1.165) is 11.4 Å². The fraction of sp³-hybridized carbons (Fsp3) is 0.333. The fourth-order valence-corrected chi connectivity index (χ4v) is 2.11. The second-order valence-corrected chi connectivity index (χ2v) is 4.37. The van der Waals surface area contributed by atoms with Gasteiger partial charge in [0.1, 0.15) is 17.4 Å². The van der Waals surface area contributed by atoms with Crippen molar-refractivity contribution < 1.29 is 14.3 Å². The number of nitrogens with two attached hydrogens (primary N) is 1. The summed E-state index contributed by atoms with van der Waals surface area (Å²) >= 11 is 0. The van der Waals surface area contributed by atoms with E-state index < -0.39 is 5.97 Å². The number of hydrogen-bond donors (Lipinski definition) is 1. The number of hydrogen-bond acceptors (Lipinski definition) is 5. The first-order valence-corrected chi connectivity index (χ1v) is 6.81. The van der Waals surface area contributed by atoms with Crippen molar-refractivity contribution >= 4 is 11.8 Å². The van der Waals surface area contributed by atoms with Crippen LogP contribution in [0, 0.1) is 0 Å². The summed E-state index contributed by atoms with van der Waals surface area (Å²) in [5, 5.41) is 0. The van der Waals surface area contributed by atoms with E-state index in [0.29, 0.717) is 18.9 Å². The molecule has 0 spiro atoms. The molecule has 112 valence electrons. The van der Waals surface area contributed by atoms with Crippen LogP contribution in [-0.2, 0) is 11.2 Å². The third-order valence-electron chi connectivity index (χ3n) is 3.08. The number of imidazole rings is 1. The minimum absolute atomic E-state index is 0.142. The fourth-order valence-electron chi connectivity index (χ4n) is 2.11. The van der Waals surface area contributed by atoms with Crippen molar-refractivity contribution in [2.24, 2.45) is 0 Å². The van der Waals surface area contributed by atoms with Gasteiger partial charge in [-0.1, -0.05) is 6.92 Å². The minimum atomic E-state index is -0.535. The largest absolute Gasteiger partial charge is 0.494 e. The second-order valence-electron chi connectivity index (χ2n) is 4.37. The van der Waals surface area contributed by atoms with Crippen LogP contribution in [0.4, 0.5) is 5.82 Å². The number of aryl methyl sites for hydroxylation is 1. The molecular formula is C15H19N3O3. The number of benzene rings is 1. The van der Waals surface area contributed by atoms with Crippen LogP contribution in [0.3, 0.4) is 0 Å². The number of anilines is 1. The molecule has 1 aromatic carbocycles. The third-order valence-corrected chi connectivity index (χ3v) is 3.08. The summed E-state index contributed by atoms with van der Waals surface area (Å²) < 4.78 is 11.9. The summed E-state index contributed by atoms with van der Waals surface area (Å²) in [6, 6.07) is 7.47. The Kier molecular flexibility index (Phi) is 4.47. The first-order chi connectivity index (χ1) is 10.1. The van der Waals surface area contributed by atoms with Crippen LogP contribution in [-0.4, -0.2) is 29.2 Å². The lowest BCUT2D eigenvalue weighted by Crippen LogP contribution is -2.08. The van der Waals surface area contributed by atoms with E-state index in [9.17, 15) is 4.79 Å². The highest BCUT2D eigenvalue weighted by Gasteiger charge is 2.21. The number of ether oxygens (including phenoxy) is 2. The van der Waals surface area contributed by atoms with Gasteiger partial charge in [0.15, 0.2) is 5.69 Å². The van der Waals surface area contributed by atoms with Crippen molar-refractivity contribution in [1.82, 2.24) is 9.55 Å². The predicted octanol–water partition coefficient (Wildman–Crippen LogP) is 2.20. The summed E-state index contributed by atoms with van der Waals surface area (Å²) in [5.41, 5.74) is 7.02. The van der Waals surface area contributed by atoms with Crippen molar-refractivity contribution in [2.75, 3.05) is 19.5 Å². The maximum Gasteiger partial charge on any atom is 0.360 e. The average Bonchev–Trinajstić information content (AvgIpc) is 2.84. The molecule has 2 N–H and O–H groups in total. The summed E-state index contributed by atoms with van der Waals surface area (Å²) in [5.74, 6) is 1.23. The number of carbonyl (C=O) groups excluding carboxylic acids is 1. The molecule has 2 rings (SSSR count). The number of nitrogen functional groups attached to an aromatic ring is 1. The van der Waals surface area contributed by atoms with Gasteiger partial charge in [-0.05, 0) is 31.2 Å². The summed E-state index contributed by atoms with van der Waals surface area (Å²) in [6.07, 6.45) is 0.647. The van der Waals surface area contributed by atoms with Crippen molar-refractivity contribution in [2.45, 2.75) is 20.3 Å². The zero-order valence-electron chi connectivity index (χ0n) is 12.4. The third kappa shape index (κ3) is 2.84. The Labute approximate surface area is 123 Å². The van der Waals surface area contributed by atoms with Crippen molar-refractivity contribution in [1.29, 1.82) is 0 Å². The predicted molar refractivity (Wildman–Crippen MR) is 79.9 cm³/mol. The highest BCUT2D eigenvalue weighted by Crippen LogP contribution is 2.23. The Balaban J connectivity index is 2.47. The molecular weight excluding hydrogens is 270 g/mol. The van der Waals surface area contributed by atoms with Gasteiger partial charge in [-0.2, -0.15) is 0 Å². The Morgan fingerprint density at radius 3 is 2.48 bits per heavy atom. The van der Waals surface area contributed by atoms with Crippen LogP contribution in [0.25, 0.3) is 5.69 Å². The zero-order chi connectivity index (χ0) is 15.4. The Bertz CT molecular complexity index is 632. The van der Waals surface area contributed by atoms with Gasteiger partial charge in [0, 0.05) is 12.1 Å². The van der Waals surface area contributed by atoms with E-state index in [1.165, 1.54) is 7.11 Å². The van der Waals surface area contributed by atoms with Crippen LogP contribution in [0.5, 0.6) is 5.75 Å². The van der Waals surface area contributed by atoms with Crippen molar-refractivity contribution in [3.05, 3.63) is 35.8 Å². The number of carbonyl (C=O) groups is 1. The van der Waals surface area contributed by atoms with Crippen molar-refractivity contribution in [3.8, 4) is 11.4 Å². The highest BCUT2D eigenvalue weighted by atomic mass is 16.5. The quantitative estimate of drug-likeness (QED) is 0.854. The molecule has 2 aromatic rings. The maximum atomic E-state index is 11.7. The summed E-state index contributed by atoms with van der Waals surface area (Å²) in [4.78, 5) is 16.0. The number of esters is 1. The Morgan fingerprint density at radius 1 is 1.29 bits per heavy atom. The van der Waals surface area contributed by atoms with Crippen LogP contribution in [0.2, 0.25) is 0 Å². The van der Waals surface area contributed by atoms with Crippen LogP contribution < -0.4 is 10.5 Å². The molecule has 0 radical (unpaired) electrons. The van der Waals surface area contributed by atoms with Gasteiger partial charge in [-0.15, -0.1) is 0 Å². The Hall–Kier alpha value is -2.50. The van der Waals surface area contributed by atoms with Gasteiger partial charge in [0.25, 0.3) is 0 Å². The lowest BCUT2D eigenvalue weighted by atomic mass is 10.3. The van der Waals surface area contributed by atoms with Gasteiger partial charge in [-0.25, -0.2) is 9.78 Å². The zero-order valence-corrected chi connectivity index (χ0v) is 12.4. The van der Waals surface area contributed by atoms with Gasteiger partial charge < -0.3 is 15.2 Å². The smallest absolute Gasteiger partial charge is 0.360 e.